The largest absolute Gasteiger partial charge is 0.396 e. The molecule has 6 nitrogen and oxygen atoms in total. The van der Waals surface area contributed by atoms with Gasteiger partial charge in [0.1, 0.15) is 5.82 Å². The summed E-state index contributed by atoms with van der Waals surface area (Å²) in [6.07, 6.45) is 14.1. The van der Waals surface area contributed by atoms with Gasteiger partial charge in [0.15, 0.2) is 0 Å². The van der Waals surface area contributed by atoms with Crippen LogP contribution in [0.15, 0.2) is 97.7 Å². The molecule has 188 valence electrons. The zero-order valence-corrected chi connectivity index (χ0v) is 21.2. The van der Waals surface area contributed by atoms with Gasteiger partial charge in [0, 0.05) is 72.0 Å². The zero-order valence-electron chi connectivity index (χ0n) is 21.2. The van der Waals surface area contributed by atoms with Gasteiger partial charge < -0.3 is 10.4 Å². The fraction of sp³-hybridized carbons (Fsp3) is 0.125. The molecule has 0 spiro atoms. The molecule has 5 rings (SSSR count). The molecule has 4 heterocycles. The average molecular weight is 500 g/mol. The van der Waals surface area contributed by atoms with Crippen molar-refractivity contribution < 1.29 is 5.11 Å². The number of anilines is 1. The molecule has 0 bridgehead atoms. The standard InChI is InChI=1S/C32H29N5O/c1-23-17-29(22-36-31(23)27-9-5-14-33-19-27)32-25(11-10-24-7-3-2-4-8-24)18-28(21-37-32)26-12-13-30(35-20-26)34-15-6-16-38/h2-5,7-14,17-22,38H,6,15-16H2,1H3,(H,34,35)/b11-10+. The Morgan fingerprint density at radius 2 is 1.55 bits per heavy atom. The minimum atomic E-state index is 0.156. The molecule has 4 aromatic heterocycles. The molecule has 0 fully saturated rings. The Balaban J connectivity index is 1.50. The number of pyridine rings is 4. The summed E-state index contributed by atoms with van der Waals surface area (Å²) in [5.74, 6) is 0.784. The van der Waals surface area contributed by atoms with Crippen molar-refractivity contribution in [3.8, 4) is 33.6 Å². The van der Waals surface area contributed by atoms with Crippen LogP contribution in [0.2, 0.25) is 0 Å². The predicted molar refractivity (Wildman–Crippen MR) is 154 cm³/mol. The van der Waals surface area contributed by atoms with E-state index in [1.807, 2.05) is 67.3 Å². The molecule has 0 saturated carbocycles. The van der Waals surface area contributed by atoms with Crippen LogP contribution in [0.3, 0.4) is 0 Å². The van der Waals surface area contributed by atoms with Crippen LogP contribution < -0.4 is 5.32 Å². The number of hydrogen-bond donors (Lipinski definition) is 2. The molecule has 38 heavy (non-hydrogen) atoms. The molecule has 5 aromatic rings. The number of aromatic nitrogens is 4. The Hall–Kier alpha value is -4.68. The van der Waals surface area contributed by atoms with Crippen molar-refractivity contribution in [3.63, 3.8) is 0 Å². The summed E-state index contributed by atoms with van der Waals surface area (Å²) in [7, 11) is 0. The predicted octanol–water partition coefficient (Wildman–Crippen LogP) is 6.54. The SMILES string of the molecule is Cc1cc(-c2ncc(-c3ccc(NCCCO)nc3)cc2/C=C/c2ccccc2)cnc1-c1cccnc1. The minimum Gasteiger partial charge on any atom is -0.396 e. The van der Waals surface area contributed by atoms with Crippen molar-refractivity contribution in [1.29, 1.82) is 0 Å². The summed E-state index contributed by atoms with van der Waals surface area (Å²) < 4.78 is 0. The van der Waals surface area contributed by atoms with Gasteiger partial charge in [-0.15, -0.1) is 0 Å². The van der Waals surface area contributed by atoms with Crippen LogP contribution in [0.5, 0.6) is 0 Å². The Kier molecular flexibility index (Phi) is 7.92. The maximum absolute atomic E-state index is 8.99. The van der Waals surface area contributed by atoms with Crippen LogP contribution in [0, 0.1) is 6.92 Å². The normalized spacial score (nSPS) is 11.1. The van der Waals surface area contributed by atoms with Crippen molar-refractivity contribution >= 4 is 18.0 Å². The van der Waals surface area contributed by atoms with E-state index in [1.54, 1.807) is 6.20 Å². The molecule has 0 radical (unpaired) electrons. The number of nitrogens with zero attached hydrogens (tertiary/aromatic N) is 4. The van der Waals surface area contributed by atoms with E-state index in [-0.39, 0.29) is 6.61 Å². The lowest BCUT2D eigenvalue weighted by Gasteiger charge is -2.12. The van der Waals surface area contributed by atoms with Crippen molar-refractivity contribution in [3.05, 3.63) is 114 Å². The van der Waals surface area contributed by atoms with E-state index < -0.39 is 0 Å². The summed E-state index contributed by atoms with van der Waals surface area (Å²) in [6, 6.07) is 22.4. The highest BCUT2D eigenvalue weighted by atomic mass is 16.3. The topological polar surface area (TPSA) is 83.8 Å². The molecular weight excluding hydrogens is 470 g/mol. The second-order valence-electron chi connectivity index (χ2n) is 8.97. The fourth-order valence-corrected chi connectivity index (χ4v) is 4.23. The van der Waals surface area contributed by atoms with Crippen LogP contribution in [0.4, 0.5) is 5.82 Å². The molecule has 0 aliphatic heterocycles. The third kappa shape index (κ3) is 5.99. The molecule has 0 aliphatic rings. The first-order chi connectivity index (χ1) is 18.7. The van der Waals surface area contributed by atoms with E-state index in [0.717, 1.165) is 56.1 Å². The molecule has 0 atom stereocenters. The van der Waals surface area contributed by atoms with E-state index in [1.165, 1.54) is 0 Å². The first-order valence-corrected chi connectivity index (χ1v) is 12.6. The maximum atomic E-state index is 8.99. The van der Waals surface area contributed by atoms with Crippen molar-refractivity contribution in [2.24, 2.45) is 0 Å². The fourth-order valence-electron chi connectivity index (χ4n) is 4.23. The highest BCUT2D eigenvalue weighted by Crippen LogP contribution is 2.30. The maximum Gasteiger partial charge on any atom is 0.125 e. The highest BCUT2D eigenvalue weighted by molar-refractivity contribution is 5.82. The second kappa shape index (κ2) is 12.0. The lowest BCUT2D eigenvalue weighted by molar-refractivity contribution is 0.292. The van der Waals surface area contributed by atoms with Gasteiger partial charge in [0.25, 0.3) is 0 Å². The van der Waals surface area contributed by atoms with Gasteiger partial charge in [-0.2, -0.15) is 0 Å². The first-order valence-electron chi connectivity index (χ1n) is 12.6. The molecule has 0 unspecified atom stereocenters. The number of aliphatic hydroxyl groups excluding tert-OH is 1. The van der Waals surface area contributed by atoms with Crippen LogP contribution in [0.25, 0.3) is 45.8 Å². The van der Waals surface area contributed by atoms with E-state index in [2.05, 4.69) is 58.6 Å². The molecular formula is C32H29N5O. The second-order valence-corrected chi connectivity index (χ2v) is 8.97. The van der Waals surface area contributed by atoms with E-state index in [4.69, 9.17) is 15.1 Å². The van der Waals surface area contributed by atoms with Gasteiger partial charge in [0.05, 0.1) is 11.4 Å². The van der Waals surface area contributed by atoms with Gasteiger partial charge in [-0.25, -0.2) is 4.98 Å². The third-order valence-electron chi connectivity index (χ3n) is 6.20. The van der Waals surface area contributed by atoms with Crippen LogP contribution in [-0.2, 0) is 0 Å². The van der Waals surface area contributed by atoms with E-state index in [9.17, 15) is 0 Å². The monoisotopic (exact) mass is 499 g/mol. The summed E-state index contributed by atoms with van der Waals surface area (Å²) >= 11 is 0. The Labute approximate surface area is 222 Å². The third-order valence-corrected chi connectivity index (χ3v) is 6.20. The Bertz CT molecular complexity index is 1520. The Morgan fingerprint density at radius 1 is 0.737 bits per heavy atom. The molecule has 0 amide bonds. The molecule has 1 aromatic carbocycles. The van der Waals surface area contributed by atoms with Gasteiger partial charge >= 0.3 is 0 Å². The molecule has 0 saturated heterocycles. The van der Waals surface area contributed by atoms with Crippen LogP contribution in [-0.4, -0.2) is 38.2 Å². The summed E-state index contributed by atoms with van der Waals surface area (Å²) in [5, 5.41) is 12.2. The summed E-state index contributed by atoms with van der Waals surface area (Å²) in [4.78, 5) is 18.4. The first kappa shape index (κ1) is 25.0. The minimum absolute atomic E-state index is 0.156. The smallest absolute Gasteiger partial charge is 0.125 e. The number of aliphatic hydroxyl groups is 1. The van der Waals surface area contributed by atoms with Gasteiger partial charge in [-0.3, -0.25) is 15.0 Å². The quantitative estimate of drug-likeness (QED) is 0.224. The van der Waals surface area contributed by atoms with Crippen molar-refractivity contribution in [1.82, 2.24) is 19.9 Å². The van der Waals surface area contributed by atoms with E-state index in [0.29, 0.717) is 13.0 Å². The molecule has 2 N–H and O–H groups in total. The lowest BCUT2D eigenvalue weighted by atomic mass is 9.99. The van der Waals surface area contributed by atoms with Gasteiger partial charge in [0.2, 0.25) is 0 Å². The molecule has 6 heteroatoms. The van der Waals surface area contributed by atoms with E-state index >= 15 is 0 Å². The number of rotatable bonds is 9. The average Bonchev–Trinajstić information content (AvgIpc) is 2.97. The number of aryl methyl sites for hydroxylation is 1. The van der Waals surface area contributed by atoms with Crippen LogP contribution >= 0.6 is 0 Å². The van der Waals surface area contributed by atoms with Crippen LogP contribution in [0.1, 0.15) is 23.1 Å². The number of benzene rings is 1. The number of nitrogens with one attached hydrogen (secondary N) is 1. The Morgan fingerprint density at radius 3 is 2.29 bits per heavy atom. The molecule has 0 aliphatic carbocycles. The van der Waals surface area contributed by atoms with Gasteiger partial charge in [-0.05, 0) is 60.9 Å². The highest BCUT2D eigenvalue weighted by Gasteiger charge is 2.12. The van der Waals surface area contributed by atoms with Crippen molar-refractivity contribution in [2.45, 2.75) is 13.3 Å². The summed E-state index contributed by atoms with van der Waals surface area (Å²) in [6.45, 7) is 2.90. The number of hydrogen-bond acceptors (Lipinski definition) is 6. The summed E-state index contributed by atoms with van der Waals surface area (Å²) in [5.41, 5.74) is 8.86. The van der Waals surface area contributed by atoms with Crippen molar-refractivity contribution in [2.75, 3.05) is 18.5 Å². The van der Waals surface area contributed by atoms with Gasteiger partial charge in [-0.1, -0.05) is 42.5 Å². The lowest BCUT2D eigenvalue weighted by Crippen LogP contribution is -2.04. The zero-order chi connectivity index (χ0) is 26.2.